The van der Waals surface area contributed by atoms with Crippen LogP contribution in [0, 0.1) is 13.8 Å². The highest BCUT2D eigenvalue weighted by Gasteiger charge is 2.20. The van der Waals surface area contributed by atoms with E-state index in [-0.39, 0.29) is 22.8 Å². The van der Waals surface area contributed by atoms with Gasteiger partial charge < -0.3 is 21.3 Å². The normalized spacial score (nSPS) is 10.4. The number of ether oxygens (including phenoxy) is 1. The van der Waals surface area contributed by atoms with Crippen molar-refractivity contribution in [3.05, 3.63) is 47.3 Å². The zero-order valence-corrected chi connectivity index (χ0v) is 13.3. The van der Waals surface area contributed by atoms with Crippen LogP contribution in [0.3, 0.4) is 0 Å². The van der Waals surface area contributed by atoms with Crippen molar-refractivity contribution in [2.24, 2.45) is 5.73 Å². The number of methoxy groups -OCH3 is 1. The first-order valence-corrected chi connectivity index (χ1v) is 6.91. The molecule has 0 bridgehead atoms. The topological polar surface area (TPSA) is 111 Å². The average Bonchev–Trinajstić information content (AvgIpc) is 2.48. The first-order chi connectivity index (χ1) is 10.8. The number of amides is 1. The molecule has 5 N–H and O–H groups in total. The molecule has 0 atom stereocenters. The van der Waals surface area contributed by atoms with Crippen LogP contribution in [0.1, 0.15) is 27.3 Å². The van der Waals surface area contributed by atoms with Crippen LogP contribution in [0.4, 0.5) is 5.69 Å². The molecule has 6 heteroatoms. The number of nitrogens with two attached hydrogens (primary N) is 2. The summed E-state index contributed by atoms with van der Waals surface area (Å²) in [5, 5.41) is 9.66. The summed E-state index contributed by atoms with van der Waals surface area (Å²) in [5.41, 5.74) is 14.8. The van der Waals surface area contributed by atoms with Crippen molar-refractivity contribution in [3.8, 4) is 16.9 Å². The molecule has 0 saturated heterocycles. The molecule has 2 rings (SSSR count). The lowest BCUT2D eigenvalue weighted by molar-refractivity contribution is 0.0996. The van der Waals surface area contributed by atoms with Gasteiger partial charge in [0.1, 0.15) is 17.2 Å². The van der Waals surface area contributed by atoms with E-state index in [0.29, 0.717) is 11.3 Å². The van der Waals surface area contributed by atoms with Gasteiger partial charge in [0.25, 0.3) is 5.91 Å². The maximum atomic E-state index is 11.6. The Kier molecular flexibility index (Phi) is 4.27. The summed E-state index contributed by atoms with van der Waals surface area (Å²) in [6.07, 6.45) is 0. The number of aliphatic hydroxyl groups is 1. The standard InChI is InChI=1S/C17H19N3O3/c1-8-5-6-13(23-4)9(2)14(8)11-7-12(10(3)21)20-16(15(11)18)17(19)22/h5-7,21H,3,18H2,1-2,4H3,(H2,19,22). The van der Waals surface area contributed by atoms with Crippen molar-refractivity contribution in [2.45, 2.75) is 13.8 Å². The number of anilines is 1. The molecular formula is C17H19N3O3. The lowest BCUT2D eigenvalue weighted by Gasteiger charge is -2.17. The van der Waals surface area contributed by atoms with Crippen molar-refractivity contribution >= 4 is 17.4 Å². The van der Waals surface area contributed by atoms with Gasteiger partial charge in [-0.15, -0.1) is 0 Å². The number of aromatic nitrogens is 1. The van der Waals surface area contributed by atoms with Gasteiger partial charge in [-0.1, -0.05) is 12.6 Å². The highest BCUT2D eigenvalue weighted by molar-refractivity contribution is 6.01. The van der Waals surface area contributed by atoms with E-state index in [1.807, 2.05) is 26.0 Å². The van der Waals surface area contributed by atoms with Crippen molar-refractivity contribution in [1.29, 1.82) is 0 Å². The second kappa shape index (κ2) is 6.00. The Morgan fingerprint density at radius 1 is 1.35 bits per heavy atom. The number of carbonyl (C=O) groups is 1. The second-order valence-corrected chi connectivity index (χ2v) is 5.21. The molecule has 0 radical (unpaired) electrons. The van der Waals surface area contributed by atoms with Crippen LogP contribution in [-0.2, 0) is 0 Å². The predicted molar refractivity (Wildman–Crippen MR) is 90.3 cm³/mol. The van der Waals surface area contributed by atoms with E-state index >= 15 is 0 Å². The third kappa shape index (κ3) is 2.83. The maximum absolute atomic E-state index is 11.6. The van der Waals surface area contributed by atoms with Crippen LogP contribution in [0.15, 0.2) is 24.8 Å². The lowest BCUT2D eigenvalue weighted by atomic mass is 9.93. The van der Waals surface area contributed by atoms with Crippen LogP contribution in [0.25, 0.3) is 16.9 Å². The monoisotopic (exact) mass is 313 g/mol. The summed E-state index contributed by atoms with van der Waals surface area (Å²) >= 11 is 0. The molecule has 120 valence electrons. The molecular weight excluding hydrogens is 294 g/mol. The molecule has 0 saturated carbocycles. The van der Waals surface area contributed by atoms with E-state index in [0.717, 1.165) is 16.7 Å². The number of nitrogens with zero attached hydrogens (tertiary/aromatic N) is 1. The Morgan fingerprint density at radius 2 is 2.00 bits per heavy atom. The molecule has 0 unspecified atom stereocenters. The fourth-order valence-electron chi connectivity index (χ4n) is 2.56. The maximum Gasteiger partial charge on any atom is 0.269 e. The fraction of sp³-hybridized carbons (Fsp3) is 0.176. The summed E-state index contributed by atoms with van der Waals surface area (Å²) in [6, 6.07) is 5.32. The van der Waals surface area contributed by atoms with Gasteiger partial charge in [-0.25, -0.2) is 4.98 Å². The number of nitrogen functional groups attached to an aromatic ring is 1. The lowest BCUT2D eigenvalue weighted by Crippen LogP contribution is -2.17. The van der Waals surface area contributed by atoms with Gasteiger partial charge in [0.2, 0.25) is 0 Å². The van der Waals surface area contributed by atoms with Crippen LogP contribution in [0.2, 0.25) is 0 Å². The SMILES string of the molecule is C=C(O)c1cc(-c2c(C)ccc(OC)c2C)c(N)c(C(N)=O)n1. The fourth-order valence-corrected chi connectivity index (χ4v) is 2.56. The van der Waals surface area contributed by atoms with Crippen molar-refractivity contribution in [2.75, 3.05) is 12.8 Å². The molecule has 23 heavy (non-hydrogen) atoms. The summed E-state index contributed by atoms with van der Waals surface area (Å²) in [5.74, 6) is -0.358. The van der Waals surface area contributed by atoms with E-state index in [9.17, 15) is 9.90 Å². The predicted octanol–water partition coefficient (Wildman–Crippen LogP) is 2.58. The molecule has 1 heterocycles. The Bertz CT molecular complexity index is 813. The zero-order valence-electron chi connectivity index (χ0n) is 13.3. The van der Waals surface area contributed by atoms with Gasteiger partial charge in [-0.3, -0.25) is 4.79 Å². The summed E-state index contributed by atoms with van der Waals surface area (Å²) in [6.45, 7) is 7.25. The van der Waals surface area contributed by atoms with Crippen LogP contribution in [0.5, 0.6) is 5.75 Å². The molecule has 6 nitrogen and oxygen atoms in total. The highest BCUT2D eigenvalue weighted by atomic mass is 16.5. The Balaban J connectivity index is 2.88. The number of carbonyl (C=O) groups excluding carboxylic acids is 1. The molecule has 0 fully saturated rings. The van der Waals surface area contributed by atoms with E-state index < -0.39 is 5.91 Å². The van der Waals surface area contributed by atoms with Gasteiger partial charge in [0, 0.05) is 5.56 Å². The smallest absolute Gasteiger partial charge is 0.269 e. The van der Waals surface area contributed by atoms with Crippen molar-refractivity contribution < 1.29 is 14.6 Å². The van der Waals surface area contributed by atoms with Crippen LogP contribution in [-0.4, -0.2) is 23.1 Å². The van der Waals surface area contributed by atoms with Crippen molar-refractivity contribution in [1.82, 2.24) is 4.98 Å². The number of aliphatic hydroxyl groups excluding tert-OH is 1. The summed E-state index contributed by atoms with van der Waals surface area (Å²) in [4.78, 5) is 15.6. The highest BCUT2D eigenvalue weighted by Crippen LogP contribution is 2.37. The molecule has 0 aliphatic heterocycles. The Hall–Kier alpha value is -3.02. The van der Waals surface area contributed by atoms with Crippen LogP contribution < -0.4 is 16.2 Å². The van der Waals surface area contributed by atoms with E-state index in [1.54, 1.807) is 13.2 Å². The molecule has 1 aromatic carbocycles. The zero-order chi connectivity index (χ0) is 17.3. The minimum Gasteiger partial charge on any atom is -0.506 e. The third-order valence-electron chi connectivity index (χ3n) is 3.70. The number of hydrogen-bond acceptors (Lipinski definition) is 5. The molecule has 0 spiro atoms. The number of hydrogen-bond donors (Lipinski definition) is 3. The minimum absolute atomic E-state index is 0.102. The number of rotatable bonds is 4. The van der Waals surface area contributed by atoms with Gasteiger partial charge in [-0.2, -0.15) is 0 Å². The first-order valence-electron chi connectivity index (χ1n) is 6.91. The minimum atomic E-state index is -0.773. The molecule has 1 amide bonds. The van der Waals surface area contributed by atoms with E-state index in [4.69, 9.17) is 16.2 Å². The van der Waals surface area contributed by atoms with E-state index in [1.165, 1.54) is 0 Å². The summed E-state index contributed by atoms with van der Waals surface area (Å²) < 4.78 is 5.34. The molecule has 0 aliphatic carbocycles. The Labute approximate surface area is 134 Å². The molecule has 2 aromatic rings. The number of benzene rings is 1. The average molecular weight is 313 g/mol. The second-order valence-electron chi connectivity index (χ2n) is 5.21. The summed E-state index contributed by atoms with van der Waals surface area (Å²) in [7, 11) is 1.58. The van der Waals surface area contributed by atoms with Crippen molar-refractivity contribution in [3.63, 3.8) is 0 Å². The molecule has 1 aromatic heterocycles. The van der Waals surface area contributed by atoms with E-state index in [2.05, 4.69) is 11.6 Å². The third-order valence-corrected chi connectivity index (χ3v) is 3.70. The van der Waals surface area contributed by atoms with Gasteiger partial charge in [0.05, 0.1) is 12.8 Å². The first kappa shape index (κ1) is 16.4. The van der Waals surface area contributed by atoms with Crippen LogP contribution >= 0.6 is 0 Å². The van der Waals surface area contributed by atoms with Gasteiger partial charge >= 0.3 is 0 Å². The quantitative estimate of drug-likeness (QED) is 0.751. The largest absolute Gasteiger partial charge is 0.506 e. The number of pyridine rings is 1. The molecule has 0 aliphatic rings. The van der Waals surface area contributed by atoms with Gasteiger partial charge in [0.15, 0.2) is 5.69 Å². The Morgan fingerprint density at radius 3 is 2.52 bits per heavy atom. The van der Waals surface area contributed by atoms with Gasteiger partial charge in [-0.05, 0) is 42.7 Å². The number of aryl methyl sites for hydroxylation is 1. The number of primary amides is 1.